The second-order valence-corrected chi connectivity index (χ2v) is 6.00. The average Bonchev–Trinajstić information content (AvgIpc) is 2.67. The van der Waals surface area contributed by atoms with Gasteiger partial charge in [0.1, 0.15) is 28.7 Å². The molecule has 3 rings (SSSR count). The first kappa shape index (κ1) is 19.1. The van der Waals surface area contributed by atoms with Crippen LogP contribution in [0.15, 0.2) is 48.5 Å². The lowest BCUT2D eigenvalue weighted by molar-refractivity contribution is -0.123. The van der Waals surface area contributed by atoms with Crippen molar-refractivity contribution in [3.8, 4) is 11.5 Å². The summed E-state index contributed by atoms with van der Waals surface area (Å²) in [5, 5.41) is 23.0. The predicted molar refractivity (Wildman–Crippen MR) is 97.1 cm³/mol. The van der Waals surface area contributed by atoms with Gasteiger partial charge in [-0.1, -0.05) is 24.3 Å². The van der Waals surface area contributed by atoms with Crippen LogP contribution in [-0.4, -0.2) is 28.2 Å². The Bertz CT molecular complexity index is 1080. The van der Waals surface area contributed by atoms with E-state index in [4.69, 9.17) is 4.74 Å². The lowest BCUT2D eigenvalue weighted by Gasteiger charge is -2.15. The van der Waals surface area contributed by atoms with Gasteiger partial charge in [-0.15, -0.1) is 0 Å². The third-order valence-corrected chi connectivity index (χ3v) is 4.05. The molecule has 0 aliphatic carbocycles. The molecule has 8 heteroatoms. The lowest BCUT2D eigenvalue weighted by atomic mass is 10.0. The van der Waals surface area contributed by atoms with Crippen LogP contribution in [0.25, 0.3) is 10.8 Å². The summed E-state index contributed by atoms with van der Waals surface area (Å²) < 4.78 is 31.8. The molecule has 0 saturated carbocycles. The maximum absolute atomic E-state index is 13.6. The van der Waals surface area contributed by atoms with E-state index in [9.17, 15) is 28.6 Å². The monoisotopic (exact) mass is 387 g/mol. The summed E-state index contributed by atoms with van der Waals surface area (Å²) in [5.74, 6) is -4.24. The maximum Gasteiger partial charge on any atom is 0.342 e. The van der Waals surface area contributed by atoms with Crippen LogP contribution in [0.3, 0.4) is 0 Å². The summed E-state index contributed by atoms with van der Waals surface area (Å²) in [6.45, 7) is 1.22. The molecular formula is C20H15F2NO5. The lowest BCUT2D eigenvalue weighted by Crippen LogP contribution is -2.30. The molecule has 28 heavy (non-hydrogen) atoms. The van der Waals surface area contributed by atoms with E-state index in [1.807, 2.05) is 0 Å². The Morgan fingerprint density at radius 2 is 1.71 bits per heavy atom. The standard InChI is InChI=1S/C20H15F2NO5/c1-10(19(26)23-16-8-11(21)6-7-15(16)22)28-20(27)14-9-17(24)12-4-2-3-5-13(12)18(14)25/h2-10,24-25H,1H3,(H,23,26)/t10-/m0/s1. The molecule has 0 fully saturated rings. The fourth-order valence-electron chi connectivity index (χ4n) is 2.60. The number of carbonyl (C=O) groups excluding carboxylic acids is 2. The van der Waals surface area contributed by atoms with Crippen LogP contribution in [-0.2, 0) is 9.53 Å². The van der Waals surface area contributed by atoms with Gasteiger partial charge < -0.3 is 20.3 Å². The van der Waals surface area contributed by atoms with Crippen LogP contribution in [0.5, 0.6) is 11.5 Å². The second-order valence-electron chi connectivity index (χ2n) is 6.00. The molecule has 0 aliphatic rings. The van der Waals surface area contributed by atoms with E-state index in [0.29, 0.717) is 5.39 Å². The van der Waals surface area contributed by atoms with E-state index in [1.165, 1.54) is 13.0 Å². The molecule has 1 atom stereocenters. The van der Waals surface area contributed by atoms with Crippen molar-refractivity contribution in [3.05, 3.63) is 65.7 Å². The largest absolute Gasteiger partial charge is 0.507 e. The first-order valence-electron chi connectivity index (χ1n) is 8.18. The van der Waals surface area contributed by atoms with Crippen LogP contribution in [0.4, 0.5) is 14.5 Å². The van der Waals surface area contributed by atoms with Gasteiger partial charge in [-0.25, -0.2) is 13.6 Å². The number of carbonyl (C=O) groups is 2. The maximum atomic E-state index is 13.6. The molecule has 0 bridgehead atoms. The zero-order valence-corrected chi connectivity index (χ0v) is 14.6. The van der Waals surface area contributed by atoms with E-state index in [0.717, 1.165) is 24.3 Å². The Kier molecular flexibility index (Phi) is 5.12. The molecule has 1 amide bonds. The smallest absolute Gasteiger partial charge is 0.342 e. The van der Waals surface area contributed by atoms with Crippen LogP contribution in [0.2, 0.25) is 0 Å². The Morgan fingerprint density at radius 1 is 1.04 bits per heavy atom. The summed E-state index contributed by atoms with van der Waals surface area (Å²) in [6, 6.07) is 9.87. The SMILES string of the molecule is C[C@H](OC(=O)c1cc(O)c2ccccc2c1O)C(=O)Nc1cc(F)ccc1F. The number of fused-ring (bicyclic) bond motifs is 1. The molecule has 0 unspecified atom stereocenters. The van der Waals surface area contributed by atoms with E-state index in [1.54, 1.807) is 18.2 Å². The third-order valence-electron chi connectivity index (χ3n) is 4.05. The molecule has 0 spiro atoms. The number of rotatable bonds is 4. The third kappa shape index (κ3) is 3.71. The molecular weight excluding hydrogens is 372 g/mol. The Morgan fingerprint density at radius 3 is 2.43 bits per heavy atom. The summed E-state index contributed by atoms with van der Waals surface area (Å²) in [7, 11) is 0. The topological polar surface area (TPSA) is 95.9 Å². The van der Waals surface area contributed by atoms with Gasteiger partial charge in [-0.3, -0.25) is 4.79 Å². The first-order chi connectivity index (χ1) is 13.3. The quantitative estimate of drug-likeness (QED) is 0.469. The highest BCUT2D eigenvalue weighted by atomic mass is 19.1. The van der Waals surface area contributed by atoms with Gasteiger partial charge in [0, 0.05) is 16.8 Å². The van der Waals surface area contributed by atoms with E-state index in [-0.39, 0.29) is 16.7 Å². The summed E-state index contributed by atoms with van der Waals surface area (Å²) in [6.07, 6.45) is -1.39. The summed E-state index contributed by atoms with van der Waals surface area (Å²) >= 11 is 0. The van der Waals surface area contributed by atoms with E-state index < -0.39 is 41.1 Å². The molecule has 3 aromatic rings. The minimum absolute atomic E-state index is 0.230. The van der Waals surface area contributed by atoms with Crippen LogP contribution < -0.4 is 5.32 Å². The molecule has 144 valence electrons. The molecule has 0 radical (unpaired) electrons. The van der Waals surface area contributed by atoms with Gasteiger partial charge in [0.2, 0.25) is 0 Å². The zero-order valence-electron chi connectivity index (χ0n) is 14.6. The highest BCUT2D eigenvalue weighted by Crippen LogP contribution is 2.35. The zero-order chi connectivity index (χ0) is 20.4. The number of esters is 1. The van der Waals surface area contributed by atoms with Crippen LogP contribution >= 0.6 is 0 Å². The average molecular weight is 387 g/mol. The number of aromatic hydroxyl groups is 2. The van der Waals surface area contributed by atoms with Gasteiger partial charge in [-0.05, 0) is 25.1 Å². The Balaban J connectivity index is 1.79. The normalized spacial score (nSPS) is 11.8. The highest BCUT2D eigenvalue weighted by Gasteiger charge is 2.24. The van der Waals surface area contributed by atoms with Gasteiger partial charge in [0.05, 0.1) is 5.69 Å². The van der Waals surface area contributed by atoms with Crippen molar-refractivity contribution in [3.63, 3.8) is 0 Å². The van der Waals surface area contributed by atoms with Gasteiger partial charge in [0.25, 0.3) is 5.91 Å². The van der Waals surface area contributed by atoms with Gasteiger partial charge in [0.15, 0.2) is 6.10 Å². The number of hydrogen-bond donors (Lipinski definition) is 3. The van der Waals surface area contributed by atoms with Crippen molar-refractivity contribution < 1.29 is 33.3 Å². The number of phenolic OH excluding ortho intramolecular Hbond substituents is 2. The first-order valence-corrected chi connectivity index (χ1v) is 8.18. The Labute approximate surface area is 158 Å². The number of amides is 1. The molecule has 0 heterocycles. The minimum Gasteiger partial charge on any atom is -0.507 e. The number of halogens is 2. The fourth-order valence-corrected chi connectivity index (χ4v) is 2.60. The molecule has 3 N–H and O–H groups in total. The Hall–Kier alpha value is -3.68. The number of anilines is 1. The van der Waals surface area contributed by atoms with Crippen molar-refractivity contribution in [2.24, 2.45) is 0 Å². The number of ether oxygens (including phenoxy) is 1. The minimum atomic E-state index is -1.39. The number of benzene rings is 3. The van der Waals surface area contributed by atoms with Gasteiger partial charge >= 0.3 is 5.97 Å². The predicted octanol–water partition coefficient (Wildman–Crippen LogP) is 3.71. The number of hydrogen-bond acceptors (Lipinski definition) is 5. The van der Waals surface area contributed by atoms with Gasteiger partial charge in [-0.2, -0.15) is 0 Å². The summed E-state index contributed by atoms with van der Waals surface area (Å²) in [4.78, 5) is 24.5. The van der Waals surface area contributed by atoms with E-state index in [2.05, 4.69) is 5.32 Å². The van der Waals surface area contributed by atoms with E-state index >= 15 is 0 Å². The highest BCUT2D eigenvalue weighted by molar-refractivity contribution is 6.04. The van der Waals surface area contributed by atoms with Crippen molar-refractivity contribution >= 4 is 28.3 Å². The van der Waals surface area contributed by atoms with Crippen molar-refractivity contribution in [2.45, 2.75) is 13.0 Å². The number of phenols is 2. The molecule has 0 aliphatic heterocycles. The molecule has 3 aromatic carbocycles. The van der Waals surface area contributed by atoms with Crippen LogP contribution in [0, 0.1) is 11.6 Å². The fraction of sp³-hybridized carbons (Fsp3) is 0.100. The number of nitrogens with one attached hydrogen (secondary N) is 1. The van der Waals surface area contributed by atoms with Crippen molar-refractivity contribution in [1.82, 2.24) is 0 Å². The van der Waals surface area contributed by atoms with Crippen molar-refractivity contribution in [1.29, 1.82) is 0 Å². The summed E-state index contributed by atoms with van der Waals surface area (Å²) in [5.41, 5.74) is -0.744. The van der Waals surface area contributed by atoms with Crippen molar-refractivity contribution in [2.75, 3.05) is 5.32 Å². The molecule has 0 aromatic heterocycles. The molecule has 0 saturated heterocycles. The second kappa shape index (κ2) is 7.51. The molecule has 6 nitrogen and oxygen atoms in total. The van der Waals surface area contributed by atoms with Crippen LogP contribution in [0.1, 0.15) is 17.3 Å².